The summed E-state index contributed by atoms with van der Waals surface area (Å²) in [6.45, 7) is 7.15. The molecule has 0 saturated heterocycles. The van der Waals surface area contributed by atoms with Crippen LogP contribution in [-0.2, 0) is 23.9 Å². The molecule has 0 heterocycles. The Bertz CT molecular complexity index is 731. The van der Waals surface area contributed by atoms with Crippen LogP contribution in [0.15, 0.2) is 41.3 Å². The highest BCUT2D eigenvalue weighted by Gasteiger charge is 2.06. The Morgan fingerprint density at radius 1 is 0.958 bits per heavy atom. The molecule has 2 amide bonds. The summed E-state index contributed by atoms with van der Waals surface area (Å²) in [5.74, 6) is 0. The number of hydrogen-bond donors (Lipinski definition) is 2. The molecule has 1 atom stereocenters. The minimum atomic E-state index is -0.980. The molecule has 0 radical (unpaired) electrons. The Hall–Kier alpha value is -2.14. The molecular weight excluding hydrogens is 320 g/mol. The zero-order chi connectivity index (χ0) is 17.7. The van der Waals surface area contributed by atoms with Crippen molar-refractivity contribution in [3.63, 3.8) is 0 Å². The fourth-order valence-corrected chi connectivity index (χ4v) is 3.22. The van der Waals surface area contributed by atoms with Crippen molar-refractivity contribution >= 4 is 16.8 Å². The summed E-state index contributed by atoms with van der Waals surface area (Å²) in [4.78, 5) is 12.8. The molecule has 2 rings (SSSR count). The third kappa shape index (κ3) is 4.93. The highest BCUT2D eigenvalue weighted by molar-refractivity contribution is 7.84. The molecule has 0 saturated carbocycles. The number of amides is 2. The summed E-state index contributed by atoms with van der Waals surface area (Å²) in [6.07, 6.45) is 1.65. The van der Waals surface area contributed by atoms with Crippen LogP contribution in [0.3, 0.4) is 0 Å². The van der Waals surface area contributed by atoms with Crippen LogP contribution < -0.4 is 10.6 Å². The monoisotopic (exact) mass is 344 g/mol. The highest BCUT2D eigenvalue weighted by Crippen LogP contribution is 2.16. The van der Waals surface area contributed by atoms with Crippen molar-refractivity contribution in [2.45, 2.75) is 38.8 Å². The van der Waals surface area contributed by atoms with Gasteiger partial charge in [0.15, 0.2) is 0 Å². The van der Waals surface area contributed by atoms with Gasteiger partial charge in [-0.25, -0.2) is 4.79 Å². The molecule has 24 heavy (non-hydrogen) atoms. The predicted molar refractivity (Wildman–Crippen MR) is 98.5 cm³/mol. The van der Waals surface area contributed by atoms with Gasteiger partial charge in [0.1, 0.15) is 0 Å². The SMILES string of the molecule is Cc1cc(C)c(CNC(=O)NCc2ccc([S@@](C)=O)cc2)c(C)c1. The third-order valence-corrected chi connectivity index (χ3v) is 4.91. The van der Waals surface area contributed by atoms with Crippen molar-refractivity contribution in [2.75, 3.05) is 6.26 Å². The number of nitrogens with one attached hydrogen (secondary N) is 2. The lowest BCUT2D eigenvalue weighted by Gasteiger charge is -2.13. The second-order valence-electron chi connectivity index (χ2n) is 6.01. The van der Waals surface area contributed by atoms with Crippen LogP contribution in [0.4, 0.5) is 4.79 Å². The molecule has 0 bridgehead atoms. The molecule has 0 fully saturated rings. The Balaban J connectivity index is 1.87. The fourth-order valence-electron chi connectivity index (χ4n) is 2.70. The van der Waals surface area contributed by atoms with Crippen molar-refractivity contribution in [1.29, 1.82) is 0 Å². The first-order valence-electron chi connectivity index (χ1n) is 7.87. The van der Waals surface area contributed by atoms with Gasteiger partial charge < -0.3 is 10.6 Å². The first-order valence-corrected chi connectivity index (χ1v) is 9.43. The van der Waals surface area contributed by atoms with E-state index < -0.39 is 10.8 Å². The topological polar surface area (TPSA) is 58.2 Å². The second-order valence-corrected chi connectivity index (χ2v) is 7.39. The Kier molecular flexibility index (Phi) is 6.15. The third-order valence-electron chi connectivity index (χ3n) is 3.97. The van der Waals surface area contributed by atoms with Crippen LogP contribution in [0.5, 0.6) is 0 Å². The van der Waals surface area contributed by atoms with Crippen LogP contribution in [0.2, 0.25) is 0 Å². The maximum Gasteiger partial charge on any atom is 0.315 e. The number of carbonyl (C=O) groups is 1. The van der Waals surface area contributed by atoms with Gasteiger partial charge in [-0.3, -0.25) is 4.21 Å². The molecule has 2 aromatic rings. The Morgan fingerprint density at radius 2 is 1.50 bits per heavy atom. The molecule has 128 valence electrons. The summed E-state index contributed by atoms with van der Waals surface area (Å²) >= 11 is 0. The van der Waals surface area contributed by atoms with Gasteiger partial charge >= 0.3 is 6.03 Å². The van der Waals surface area contributed by atoms with E-state index in [2.05, 4.69) is 43.5 Å². The standard InChI is InChI=1S/C19H24N2O2S/c1-13-9-14(2)18(15(3)10-13)12-21-19(22)20-11-16-5-7-17(8-6-16)24(4)23/h5-10H,11-12H2,1-4H3,(H2,20,21,22)/t24-/m1/s1. The molecule has 0 aliphatic heterocycles. The average Bonchev–Trinajstić information content (AvgIpc) is 2.52. The number of rotatable bonds is 5. The summed E-state index contributed by atoms with van der Waals surface area (Å²) in [6, 6.07) is 11.5. The van der Waals surface area contributed by atoms with E-state index in [1.54, 1.807) is 6.26 Å². The molecule has 2 N–H and O–H groups in total. The van der Waals surface area contributed by atoms with Gasteiger partial charge in [-0.2, -0.15) is 0 Å². The van der Waals surface area contributed by atoms with Crippen LogP contribution >= 0.6 is 0 Å². The predicted octanol–water partition coefficient (Wildman–Crippen LogP) is 3.35. The number of carbonyl (C=O) groups excluding carboxylic acids is 1. The van der Waals surface area contributed by atoms with E-state index in [0.29, 0.717) is 13.1 Å². The van der Waals surface area contributed by atoms with Crippen LogP contribution in [0, 0.1) is 20.8 Å². The van der Waals surface area contributed by atoms with Gasteiger partial charge in [0.2, 0.25) is 0 Å². The van der Waals surface area contributed by atoms with Gasteiger partial charge in [0, 0.05) is 35.0 Å². The lowest BCUT2D eigenvalue weighted by atomic mass is 10.00. The smallest absolute Gasteiger partial charge is 0.315 e. The van der Waals surface area contributed by atoms with Gasteiger partial charge in [-0.05, 0) is 55.2 Å². The van der Waals surface area contributed by atoms with E-state index in [-0.39, 0.29) is 6.03 Å². The summed E-state index contributed by atoms with van der Waals surface area (Å²) in [5.41, 5.74) is 5.74. The Labute approximate surface area is 146 Å². The van der Waals surface area contributed by atoms with Gasteiger partial charge in [-0.15, -0.1) is 0 Å². The van der Waals surface area contributed by atoms with Crippen LogP contribution in [-0.4, -0.2) is 16.5 Å². The lowest BCUT2D eigenvalue weighted by molar-refractivity contribution is 0.240. The van der Waals surface area contributed by atoms with Crippen molar-refractivity contribution in [1.82, 2.24) is 10.6 Å². The molecule has 0 aliphatic rings. The molecule has 4 nitrogen and oxygen atoms in total. The second kappa shape index (κ2) is 8.11. The zero-order valence-corrected chi connectivity index (χ0v) is 15.4. The van der Waals surface area contributed by atoms with Crippen LogP contribution in [0.25, 0.3) is 0 Å². The van der Waals surface area contributed by atoms with Crippen molar-refractivity contribution in [3.05, 3.63) is 64.2 Å². The molecular formula is C19H24N2O2S. The lowest BCUT2D eigenvalue weighted by Crippen LogP contribution is -2.34. The maximum absolute atomic E-state index is 12.0. The largest absolute Gasteiger partial charge is 0.334 e. The normalized spacial score (nSPS) is 11.8. The quantitative estimate of drug-likeness (QED) is 0.874. The molecule has 0 unspecified atom stereocenters. The molecule has 2 aromatic carbocycles. The molecule has 0 aliphatic carbocycles. The average molecular weight is 344 g/mol. The Morgan fingerprint density at radius 3 is 2.04 bits per heavy atom. The zero-order valence-electron chi connectivity index (χ0n) is 14.6. The number of urea groups is 1. The first kappa shape index (κ1) is 18.2. The van der Waals surface area contributed by atoms with Gasteiger partial charge in [0.25, 0.3) is 0 Å². The van der Waals surface area contributed by atoms with Crippen molar-refractivity contribution < 1.29 is 9.00 Å². The van der Waals surface area contributed by atoms with Crippen molar-refractivity contribution in [3.8, 4) is 0 Å². The number of hydrogen-bond acceptors (Lipinski definition) is 2. The van der Waals surface area contributed by atoms with E-state index in [4.69, 9.17) is 0 Å². The number of benzene rings is 2. The molecule has 0 aromatic heterocycles. The first-order chi connectivity index (χ1) is 11.4. The fraction of sp³-hybridized carbons (Fsp3) is 0.316. The minimum absolute atomic E-state index is 0.197. The highest BCUT2D eigenvalue weighted by atomic mass is 32.2. The van der Waals surface area contributed by atoms with E-state index in [9.17, 15) is 9.00 Å². The molecule has 5 heteroatoms. The summed E-state index contributed by atoms with van der Waals surface area (Å²) in [5, 5.41) is 5.74. The maximum atomic E-state index is 12.0. The summed E-state index contributed by atoms with van der Waals surface area (Å²) in [7, 11) is -0.980. The van der Waals surface area contributed by atoms with Crippen molar-refractivity contribution in [2.24, 2.45) is 0 Å². The van der Waals surface area contributed by atoms with Crippen LogP contribution in [0.1, 0.15) is 27.8 Å². The van der Waals surface area contributed by atoms with Gasteiger partial charge in [0.05, 0.1) is 0 Å². The molecule has 0 spiro atoms. The van der Waals surface area contributed by atoms with E-state index in [1.165, 1.54) is 16.7 Å². The van der Waals surface area contributed by atoms with Gasteiger partial charge in [-0.1, -0.05) is 29.8 Å². The minimum Gasteiger partial charge on any atom is -0.334 e. The van der Waals surface area contributed by atoms with E-state index in [1.807, 2.05) is 24.3 Å². The van der Waals surface area contributed by atoms with E-state index >= 15 is 0 Å². The number of aryl methyl sites for hydroxylation is 3. The summed E-state index contributed by atoms with van der Waals surface area (Å²) < 4.78 is 11.4. The van der Waals surface area contributed by atoms with E-state index in [0.717, 1.165) is 16.0 Å².